The van der Waals surface area contributed by atoms with Gasteiger partial charge in [0, 0.05) is 5.03 Å². The molecule has 0 aliphatic carbocycles. The third-order valence-electron chi connectivity index (χ3n) is 1.42. The number of rotatable bonds is 4. The Hall–Kier alpha value is -0.800. The van der Waals surface area contributed by atoms with Crippen LogP contribution in [0.15, 0.2) is 28.4 Å². The van der Waals surface area contributed by atoms with Gasteiger partial charge in [0.2, 0.25) is 5.91 Å². The van der Waals surface area contributed by atoms with E-state index in [0.717, 1.165) is 5.56 Å². The highest BCUT2D eigenvalue weighted by Gasteiger charge is 2.02. The Morgan fingerprint density at radius 2 is 2.46 bits per heavy atom. The highest BCUT2D eigenvalue weighted by molar-refractivity contribution is 7.07. The molecule has 0 saturated carbocycles. The van der Waals surface area contributed by atoms with Crippen LogP contribution in [0.4, 0.5) is 0 Å². The topological polar surface area (TPSA) is 29.1 Å². The number of halogens is 1. The van der Waals surface area contributed by atoms with Gasteiger partial charge in [-0.2, -0.15) is 11.3 Å². The van der Waals surface area contributed by atoms with Crippen LogP contribution in [0.2, 0.25) is 0 Å². The van der Waals surface area contributed by atoms with Crippen LogP contribution in [-0.2, 0) is 11.2 Å². The normalized spacial score (nSPS) is 9.62. The van der Waals surface area contributed by atoms with E-state index >= 15 is 0 Å². The maximum absolute atomic E-state index is 11.2. The Balaban J connectivity index is 2.30. The molecule has 0 atom stereocenters. The van der Waals surface area contributed by atoms with Crippen LogP contribution in [0.3, 0.4) is 0 Å². The summed E-state index contributed by atoms with van der Waals surface area (Å²) in [5.41, 5.74) is 1.03. The van der Waals surface area contributed by atoms with Crippen LogP contribution < -0.4 is 5.32 Å². The van der Waals surface area contributed by atoms with Gasteiger partial charge in [-0.05, 0) is 22.4 Å². The van der Waals surface area contributed by atoms with Crippen LogP contribution in [0.1, 0.15) is 5.56 Å². The summed E-state index contributed by atoms with van der Waals surface area (Å²) in [6.07, 6.45) is 0.410. The van der Waals surface area contributed by atoms with Crippen molar-refractivity contribution in [1.82, 2.24) is 5.32 Å². The predicted molar refractivity (Wildman–Crippen MR) is 56.0 cm³/mol. The lowest BCUT2D eigenvalue weighted by Gasteiger charge is -2.01. The Kier molecular flexibility index (Phi) is 3.99. The first-order valence-electron chi connectivity index (χ1n) is 3.79. The molecule has 1 rings (SSSR count). The number of hydrogen-bond acceptors (Lipinski definition) is 2. The second-order valence-electron chi connectivity index (χ2n) is 2.60. The molecule has 0 aliphatic rings. The van der Waals surface area contributed by atoms with Crippen molar-refractivity contribution in [2.24, 2.45) is 0 Å². The van der Waals surface area contributed by atoms with E-state index in [-0.39, 0.29) is 5.91 Å². The standard InChI is InChI=1S/C9H10ClNOS/c1-7(10)5-11-9(12)4-8-2-3-13-6-8/h2-3,6H,1,4-5H2,(H,11,12). The smallest absolute Gasteiger partial charge is 0.224 e. The van der Waals surface area contributed by atoms with E-state index in [4.69, 9.17) is 11.6 Å². The molecule has 1 amide bonds. The van der Waals surface area contributed by atoms with E-state index in [2.05, 4.69) is 11.9 Å². The lowest BCUT2D eigenvalue weighted by Crippen LogP contribution is -2.25. The van der Waals surface area contributed by atoms with Crippen molar-refractivity contribution in [3.8, 4) is 0 Å². The number of carbonyl (C=O) groups excluding carboxylic acids is 1. The summed E-state index contributed by atoms with van der Waals surface area (Å²) in [6, 6.07) is 1.93. The van der Waals surface area contributed by atoms with Gasteiger partial charge in [-0.1, -0.05) is 18.2 Å². The quantitative estimate of drug-likeness (QED) is 0.820. The molecule has 0 bridgehead atoms. The fourth-order valence-corrected chi connectivity index (χ4v) is 1.57. The molecular formula is C9H10ClNOS. The molecule has 1 N–H and O–H groups in total. The first-order valence-corrected chi connectivity index (χ1v) is 5.11. The molecule has 0 fully saturated rings. The molecule has 1 aromatic heterocycles. The van der Waals surface area contributed by atoms with Crippen molar-refractivity contribution < 1.29 is 4.79 Å². The summed E-state index contributed by atoms with van der Waals surface area (Å²) >= 11 is 7.08. The molecule has 0 unspecified atom stereocenters. The Bertz CT molecular complexity index is 295. The third-order valence-corrected chi connectivity index (χ3v) is 2.29. The Morgan fingerprint density at radius 1 is 1.69 bits per heavy atom. The van der Waals surface area contributed by atoms with Gasteiger partial charge in [-0.25, -0.2) is 0 Å². The average molecular weight is 216 g/mol. The summed E-state index contributed by atoms with van der Waals surface area (Å²) in [5, 5.41) is 7.00. The molecule has 1 aromatic rings. The van der Waals surface area contributed by atoms with Crippen molar-refractivity contribution in [1.29, 1.82) is 0 Å². The number of thiophene rings is 1. The zero-order valence-corrected chi connectivity index (χ0v) is 8.62. The zero-order valence-electron chi connectivity index (χ0n) is 7.05. The van der Waals surface area contributed by atoms with E-state index in [9.17, 15) is 4.79 Å². The minimum absolute atomic E-state index is 0.0276. The molecule has 4 heteroatoms. The summed E-state index contributed by atoms with van der Waals surface area (Å²) in [7, 11) is 0. The van der Waals surface area contributed by atoms with Gasteiger partial charge >= 0.3 is 0 Å². The fraction of sp³-hybridized carbons (Fsp3) is 0.222. The lowest BCUT2D eigenvalue weighted by atomic mass is 10.2. The van der Waals surface area contributed by atoms with E-state index in [0.29, 0.717) is 18.0 Å². The highest BCUT2D eigenvalue weighted by atomic mass is 35.5. The van der Waals surface area contributed by atoms with Gasteiger partial charge in [-0.15, -0.1) is 0 Å². The van der Waals surface area contributed by atoms with Gasteiger partial charge in [0.25, 0.3) is 0 Å². The molecular weight excluding hydrogens is 206 g/mol. The highest BCUT2D eigenvalue weighted by Crippen LogP contribution is 2.06. The van der Waals surface area contributed by atoms with E-state index < -0.39 is 0 Å². The average Bonchev–Trinajstić information content (AvgIpc) is 2.53. The van der Waals surface area contributed by atoms with Gasteiger partial charge in [0.15, 0.2) is 0 Å². The van der Waals surface area contributed by atoms with Crippen LogP contribution in [0.25, 0.3) is 0 Å². The molecule has 0 radical (unpaired) electrons. The molecule has 0 saturated heterocycles. The van der Waals surface area contributed by atoms with Crippen molar-refractivity contribution in [3.05, 3.63) is 34.0 Å². The minimum Gasteiger partial charge on any atom is -0.351 e. The van der Waals surface area contributed by atoms with E-state index in [1.54, 1.807) is 11.3 Å². The summed E-state index contributed by atoms with van der Waals surface area (Å²) in [4.78, 5) is 11.2. The van der Waals surface area contributed by atoms with Crippen molar-refractivity contribution in [2.75, 3.05) is 6.54 Å². The molecule has 70 valence electrons. The van der Waals surface area contributed by atoms with Crippen LogP contribution >= 0.6 is 22.9 Å². The van der Waals surface area contributed by atoms with E-state index in [1.807, 2.05) is 16.8 Å². The first kappa shape index (κ1) is 10.3. The number of nitrogens with one attached hydrogen (secondary N) is 1. The lowest BCUT2D eigenvalue weighted by molar-refractivity contribution is -0.120. The van der Waals surface area contributed by atoms with Crippen LogP contribution in [0, 0.1) is 0 Å². The van der Waals surface area contributed by atoms with E-state index in [1.165, 1.54) is 0 Å². The number of hydrogen-bond donors (Lipinski definition) is 1. The van der Waals surface area contributed by atoms with Crippen molar-refractivity contribution in [3.63, 3.8) is 0 Å². The Morgan fingerprint density at radius 3 is 3.00 bits per heavy atom. The monoisotopic (exact) mass is 215 g/mol. The molecule has 0 spiro atoms. The Labute approximate surface area is 86.2 Å². The second kappa shape index (κ2) is 5.04. The maximum atomic E-state index is 11.2. The summed E-state index contributed by atoms with van der Waals surface area (Å²) in [5.74, 6) is -0.0276. The minimum atomic E-state index is -0.0276. The number of carbonyl (C=O) groups is 1. The molecule has 13 heavy (non-hydrogen) atoms. The van der Waals surface area contributed by atoms with Crippen LogP contribution in [0.5, 0.6) is 0 Å². The largest absolute Gasteiger partial charge is 0.351 e. The second-order valence-corrected chi connectivity index (χ2v) is 3.92. The molecule has 1 heterocycles. The van der Waals surface area contributed by atoms with Crippen molar-refractivity contribution in [2.45, 2.75) is 6.42 Å². The summed E-state index contributed by atoms with van der Waals surface area (Å²) < 4.78 is 0. The summed E-state index contributed by atoms with van der Waals surface area (Å²) in [6.45, 7) is 3.81. The molecule has 2 nitrogen and oxygen atoms in total. The molecule has 0 aliphatic heterocycles. The molecule has 0 aromatic carbocycles. The maximum Gasteiger partial charge on any atom is 0.224 e. The predicted octanol–water partition coefficient (Wildman–Crippen LogP) is 2.16. The van der Waals surface area contributed by atoms with Gasteiger partial charge in [0.1, 0.15) is 0 Å². The van der Waals surface area contributed by atoms with Gasteiger partial charge < -0.3 is 5.32 Å². The SMILES string of the molecule is C=C(Cl)CNC(=O)Cc1ccsc1. The van der Waals surface area contributed by atoms with Gasteiger partial charge in [-0.3, -0.25) is 4.79 Å². The first-order chi connectivity index (χ1) is 6.18. The zero-order chi connectivity index (χ0) is 9.68. The van der Waals surface area contributed by atoms with Crippen LogP contribution in [-0.4, -0.2) is 12.5 Å². The van der Waals surface area contributed by atoms with Crippen molar-refractivity contribution >= 4 is 28.8 Å². The fourth-order valence-electron chi connectivity index (χ4n) is 0.836. The third kappa shape index (κ3) is 4.10. The van der Waals surface area contributed by atoms with Gasteiger partial charge in [0.05, 0.1) is 13.0 Å². The number of amides is 1.